The fourth-order valence-corrected chi connectivity index (χ4v) is 3.88. The van der Waals surface area contributed by atoms with Crippen LogP contribution in [0.3, 0.4) is 0 Å². The van der Waals surface area contributed by atoms with Gasteiger partial charge in [-0.3, -0.25) is 0 Å². The van der Waals surface area contributed by atoms with Crippen molar-refractivity contribution in [1.82, 2.24) is 4.98 Å². The number of aromatic nitrogens is 1. The highest BCUT2D eigenvalue weighted by Gasteiger charge is 2.27. The molecule has 20 heavy (non-hydrogen) atoms. The monoisotopic (exact) mass is 303 g/mol. The molecule has 0 aromatic carbocycles. The molecule has 3 nitrogen and oxygen atoms in total. The lowest BCUT2D eigenvalue weighted by atomic mass is 10.0. The fourth-order valence-electron chi connectivity index (χ4n) is 2.75. The van der Waals surface area contributed by atoms with Gasteiger partial charge in [0.15, 0.2) is 0 Å². The van der Waals surface area contributed by atoms with Gasteiger partial charge in [-0.25, -0.2) is 4.98 Å². The fraction of sp³-hybridized carbons (Fsp3) is 0.333. The van der Waals surface area contributed by atoms with Crippen LogP contribution >= 0.6 is 23.6 Å². The molecule has 3 rings (SSSR count). The number of anilines is 1. The molecule has 0 saturated heterocycles. The Morgan fingerprint density at radius 3 is 3.00 bits per heavy atom. The van der Waals surface area contributed by atoms with Crippen LogP contribution < -0.4 is 10.6 Å². The van der Waals surface area contributed by atoms with E-state index in [4.69, 9.17) is 18.0 Å². The van der Waals surface area contributed by atoms with Crippen LogP contribution in [-0.4, -0.2) is 16.5 Å². The number of pyridine rings is 1. The van der Waals surface area contributed by atoms with Crippen LogP contribution in [0.2, 0.25) is 0 Å². The highest BCUT2D eigenvalue weighted by atomic mass is 32.1. The number of thiocarbonyl (C=S) groups is 1. The first-order valence-corrected chi connectivity index (χ1v) is 7.97. The number of fused-ring (bicyclic) bond motifs is 1. The Hall–Kier alpha value is -1.46. The maximum atomic E-state index is 5.86. The van der Waals surface area contributed by atoms with Crippen molar-refractivity contribution in [2.24, 2.45) is 5.73 Å². The number of hydrogen-bond donors (Lipinski definition) is 1. The first kappa shape index (κ1) is 13.5. The average molecular weight is 303 g/mol. The number of aryl methyl sites for hydroxylation is 1. The summed E-state index contributed by atoms with van der Waals surface area (Å²) in [6.07, 6.45) is 1.06. The Balaban J connectivity index is 2.06. The van der Waals surface area contributed by atoms with Gasteiger partial charge in [0.1, 0.15) is 10.8 Å². The van der Waals surface area contributed by atoms with Gasteiger partial charge in [0.25, 0.3) is 0 Å². The predicted octanol–water partition coefficient (Wildman–Crippen LogP) is 3.21. The number of nitrogens with zero attached hydrogens (tertiary/aromatic N) is 2. The Morgan fingerprint density at radius 1 is 1.45 bits per heavy atom. The molecule has 1 unspecified atom stereocenters. The normalized spacial score (nSPS) is 17.9. The van der Waals surface area contributed by atoms with E-state index in [1.807, 2.05) is 30.4 Å². The first-order valence-electron chi connectivity index (χ1n) is 6.68. The molecule has 2 N–H and O–H groups in total. The van der Waals surface area contributed by atoms with Crippen molar-refractivity contribution >= 4 is 34.4 Å². The van der Waals surface area contributed by atoms with Crippen LogP contribution in [-0.2, 0) is 6.42 Å². The summed E-state index contributed by atoms with van der Waals surface area (Å²) in [5.74, 6) is 0.918. The smallest absolute Gasteiger partial charge is 0.139 e. The molecule has 0 amide bonds. The van der Waals surface area contributed by atoms with Gasteiger partial charge in [0.2, 0.25) is 0 Å². The minimum absolute atomic E-state index is 0.312. The van der Waals surface area contributed by atoms with Crippen molar-refractivity contribution in [2.45, 2.75) is 26.3 Å². The summed E-state index contributed by atoms with van der Waals surface area (Å²) in [7, 11) is 0. The van der Waals surface area contributed by atoms with E-state index in [2.05, 4.69) is 28.3 Å². The lowest BCUT2D eigenvalue weighted by Gasteiger charge is -2.35. The van der Waals surface area contributed by atoms with Crippen molar-refractivity contribution in [1.29, 1.82) is 0 Å². The molecular formula is C15H17N3S2. The van der Waals surface area contributed by atoms with E-state index in [1.54, 1.807) is 0 Å². The molecule has 2 aromatic heterocycles. The van der Waals surface area contributed by atoms with Gasteiger partial charge in [0, 0.05) is 17.1 Å². The number of rotatable bonds is 2. The van der Waals surface area contributed by atoms with Gasteiger partial charge in [-0.2, -0.15) is 0 Å². The number of thiophene rings is 1. The third-order valence-corrected chi connectivity index (χ3v) is 5.05. The van der Waals surface area contributed by atoms with Gasteiger partial charge in [-0.1, -0.05) is 12.2 Å². The lowest BCUT2D eigenvalue weighted by Crippen LogP contribution is -2.35. The third-order valence-electron chi connectivity index (χ3n) is 3.83. The second-order valence-electron chi connectivity index (χ2n) is 5.11. The van der Waals surface area contributed by atoms with E-state index >= 15 is 0 Å². The SMILES string of the molecule is Cc1ccc(C(N)=S)c(N2CCc3sccc3C2C)n1. The van der Waals surface area contributed by atoms with E-state index in [-0.39, 0.29) is 0 Å². The Labute approximate surface area is 128 Å². The van der Waals surface area contributed by atoms with Gasteiger partial charge in [0.05, 0.1) is 11.6 Å². The molecular weight excluding hydrogens is 286 g/mol. The minimum atomic E-state index is 0.312. The maximum Gasteiger partial charge on any atom is 0.139 e. The van der Waals surface area contributed by atoms with Gasteiger partial charge in [-0.15, -0.1) is 11.3 Å². The topological polar surface area (TPSA) is 42.1 Å². The van der Waals surface area contributed by atoms with Crippen molar-refractivity contribution in [3.05, 3.63) is 45.3 Å². The minimum Gasteiger partial charge on any atom is -0.389 e. The number of nitrogens with two attached hydrogens (primary N) is 1. The molecule has 0 bridgehead atoms. The lowest BCUT2D eigenvalue weighted by molar-refractivity contribution is 0.624. The third kappa shape index (κ3) is 2.21. The molecule has 0 radical (unpaired) electrons. The van der Waals surface area contributed by atoms with Crippen molar-refractivity contribution in [2.75, 3.05) is 11.4 Å². The van der Waals surface area contributed by atoms with Crippen molar-refractivity contribution in [3.8, 4) is 0 Å². The zero-order chi connectivity index (χ0) is 14.3. The standard InChI is InChI=1S/C15H17N3S2/c1-9-3-4-12(14(16)19)15(17-9)18-7-5-13-11(10(18)2)6-8-20-13/h3-4,6,8,10H,5,7H2,1-2H3,(H2,16,19). The molecule has 5 heteroatoms. The van der Waals surface area contributed by atoms with Crippen LogP contribution in [0.1, 0.15) is 34.7 Å². The van der Waals surface area contributed by atoms with Gasteiger partial charge >= 0.3 is 0 Å². The molecule has 0 spiro atoms. The quantitative estimate of drug-likeness (QED) is 0.865. The molecule has 1 aliphatic heterocycles. The molecule has 104 valence electrons. The molecule has 0 saturated carbocycles. The zero-order valence-electron chi connectivity index (χ0n) is 11.6. The summed E-state index contributed by atoms with van der Waals surface area (Å²) in [6.45, 7) is 5.18. The van der Waals surface area contributed by atoms with E-state index in [0.717, 1.165) is 30.0 Å². The predicted molar refractivity (Wildman–Crippen MR) is 88.6 cm³/mol. The Kier molecular flexibility index (Phi) is 3.48. The highest BCUT2D eigenvalue weighted by Crippen LogP contribution is 2.36. The van der Waals surface area contributed by atoms with Crippen molar-refractivity contribution < 1.29 is 0 Å². The van der Waals surface area contributed by atoms with Gasteiger partial charge in [-0.05, 0) is 49.4 Å². The summed E-state index contributed by atoms with van der Waals surface area (Å²) >= 11 is 7.02. The zero-order valence-corrected chi connectivity index (χ0v) is 13.2. The molecule has 1 atom stereocenters. The number of hydrogen-bond acceptors (Lipinski definition) is 4. The molecule has 3 heterocycles. The van der Waals surface area contributed by atoms with Crippen LogP contribution in [0.4, 0.5) is 5.82 Å². The molecule has 0 fully saturated rings. The first-order chi connectivity index (χ1) is 9.58. The van der Waals surface area contributed by atoms with Crippen LogP contribution in [0, 0.1) is 6.92 Å². The van der Waals surface area contributed by atoms with E-state index in [0.29, 0.717) is 11.0 Å². The Morgan fingerprint density at radius 2 is 2.25 bits per heavy atom. The van der Waals surface area contributed by atoms with Crippen LogP contribution in [0.25, 0.3) is 0 Å². The van der Waals surface area contributed by atoms with E-state index in [9.17, 15) is 0 Å². The summed E-state index contributed by atoms with van der Waals surface area (Å²) in [4.78, 5) is 8.90. The second-order valence-corrected chi connectivity index (χ2v) is 6.55. The van der Waals surface area contributed by atoms with Crippen LogP contribution in [0.5, 0.6) is 0 Å². The molecule has 1 aliphatic rings. The Bertz CT molecular complexity index is 663. The largest absolute Gasteiger partial charge is 0.389 e. The van der Waals surface area contributed by atoms with Crippen LogP contribution in [0.15, 0.2) is 23.6 Å². The molecule has 0 aliphatic carbocycles. The second kappa shape index (κ2) is 5.14. The maximum absolute atomic E-state index is 5.86. The summed E-state index contributed by atoms with van der Waals surface area (Å²) in [5.41, 5.74) is 9.12. The van der Waals surface area contributed by atoms with Crippen molar-refractivity contribution in [3.63, 3.8) is 0 Å². The average Bonchev–Trinajstić information content (AvgIpc) is 2.88. The highest BCUT2D eigenvalue weighted by molar-refractivity contribution is 7.80. The van der Waals surface area contributed by atoms with E-state index < -0.39 is 0 Å². The van der Waals surface area contributed by atoms with E-state index in [1.165, 1.54) is 10.4 Å². The summed E-state index contributed by atoms with van der Waals surface area (Å²) in [6, 6.07) is 6.47. The summed E-state index contributed by atoms with van der Waals surface area (Å²) in [5, 5.41) is 2.17. The summed E-state index contributed by atoms with van der Waals surface area (Å²) < 4.78 is 0. The molecule has 2 aromatic rings. The van der Waals surface area contributed by atoms with Gasteiger partial charge < -0.3 is 10.6 Å².